The van der Waals surface area contributed by atoms with E-state index in [0.29, 0.717) is 31.0 Å². The number of amides is 1. The van der Waals surface area contributed by atoms with E-state index in [4.69, 9.17) is 0 Å². The molecule has 0 saturated carbocycles. The molecule has 0 aliphatic carbocycles. The lowest BCUT2D eigenvalue weighted by molar-refractivity contribution is -0.135. The Morgan fingerprint density at radius 3 is 2.61 bits per heavy atom. The van der Waals surface area contributed by atoms with Crippen molar-refractivity contribution in [3.63, 3.8) is 0 Å². The van der Waals surface area contributed by atoms with Crippen LogP contribution in [0.3, 0.4) is 0 Å². The van der Waals surface area contributed by atoms with Crippen LogP contribution in [-0.4, -0.2) is 58.5 Å². The van der Waals surface area contributed by atoms with Gasteiger partial charge in [0.25, 0.3) is 0 Å². The Bertz CT molecular complexity index is 557. The second-order valence-corrected chi connectivity index (χ2v) is 7.24. The van der Waals surface area contributed by atoms with Crippen LogP contribution < -0.4 is 4.90 Å². The van der Waals surface area contributed by atoms with E-state index < -0.39 is 0 Å². The summed E-state index contributed by atoms with van der Waals surface area (Å²) >= 11 is 1.91. The summed E-state index contributed by atoms with van der Waals surface area (Å²) < 4.78 is 14.4. The molecule has 2 fully saturated rings. The van der Waals surface area contributed by atoms with Gasteiger partial charge in [0, 0.05) is 43.6 Å². The van der Waals surface area contributed by atoms with E-state index in [2.05, 4.69) is 9.97 Å². The third-order valence-corrected chi connectivity index (χ3v) is 5.59. The van der Waals surface area contributed by atoms with Gasteiger partial charge in [0.1, 0.15) is 6.33 Å². The van der Waals surface area contributed by atoms with Gasteiger partial charge in [-0.05, 0) is 19.3 Å². The lowest BCUT2D eigenvalue weighted by atomic mass is 9.95. The maximum Gasteiger partial charge on any atom is 0.225 e. The largest absolute Gasteiger partial charge is 0.354 e. The van der Waals surface area contributed by atoms with E-state index >= 15 is 0 Å². The van der Waals surface area contributed by atoms with Crippen LogP contribution in [0.25, 0.3) is 0 Å². The van der Waals surface area contributed by atoms with Crippen LogP contribution in [0.1, 0.15) is 25.5 Å². The van der Waals surface area contributed by atoms with E-state index in [1.165, 1.54) is 6.33 Å². The van der Waals surface area contributed by atoms with Crippen molar-refractivity contribution in [1.29, 1.82) is 0 Å². The smallest absolute Gasteiger partial charge is 0.225 e. The molecule has 0 aromatic carbocycles. The molecule has 126 valence electrons. The minimum Gasteiger partial charge on any atom is -0.354 e. The van der Waals surface area contributed by atoms with Crippen molar-refractivity contribution >= 4 is 23.5 Å². The predicted octanol–water partition coefficient (Wildman–Crippen LogP) is 1.97. The molecule has 0 radical (unpaired) electrons. The van der Waals surface area contributed by atoms with Gasteiger partial charge in [0.2, 0.25) is 5.91 Å². The summed E-state index contributed by atoms with van der Waals surface area (Å²) in [6.07, 6.45) is 3.53. The first-order valence-electron chi connectivity index (χ1n) is 8.31. The molecule has 23 heavy (non-hydrogen) atoms. The molecule has 2 aliphatic rings. The third kappa shape index (κ3) is 3.59. The molecular weight excluding hydrogens is 315 g/mol. The maximum absolute atomic E-state index is 14.4. The highest BCUT2D eigenvalue weighted by molar-refractivity contribution is 7.99. The van der Waals surface area contributed by atoms with Gasteiger partial charge >= 0.3 is 0 Å². The van der Waals surface area contributed by atoms with E-state index in [9.17, 15) is 9.18 Å². The molecule has 5 nitrogen and oxygen atoms in total. The van der Waals surface area contributed by atoms with E-state index in [1.54, 1.807) is 0 Å². The first-order chi connectivity index (χ1) is 11.2. The molecule has 0 unspecified atom stereocenters. The number of thioether (sulfide) groups is 1. The van der Waals surface area contributed by atoms with Gasteiger partial charge in [0.15, 0.2) is 11.6 Å². The van der Waals surface area contributed by atoms with Crippen molar-refractivity contribution in [1.82, 2.24) is 14.9 Å². The quantitative estimate of drug-likeness (QED) is 0.843. The second kappa shape index (κ2) is 7.47. The first kappa shape index (κ1) is 16.5. The van der Waals surface area contributed by atoms with Crippen LogP contribution >= 0.6 is 11.8 Å². The fourth-order valence-corrected chi connectivity index (χ4v) is 4.15. The van der Waals surface area contributed by atoms with Crippen molar-refractivity contribution < 1.29 is 9.18 Å². The minimum atomic E-state index is -0.312. The Labute approximate surface area is 140 Å². The average Bonchev–Trinajstić information content (AvgIpc) is 2.62. The van der Waals surface area contributed by atoms with Crippen LogP contribution in [-0.2, 0) is 11.2 Å². The van der Waals surface area contributed by atoms with Gasteiger partial charge in [-0.25, -0.2) is 14.4 Å². The molecule has 3 rings (SSSR count). The lowest BCUT2D eigenvalue weighted by Crippen LogP contribution is -2.45. The molecule has 7 heteroatoms. The molecule has 0 bridgehead atoms. The number of hydrogen-bond acceptors (Lipinski definition) is 5. The zero-order valence-corrected chi connectivity index (χ0v) is 14.3. The molecule has 3 heterocycles. The predicted molar refractivity (Wildman–Crippen MR) is 90.2 cm³/mol. The normalized spacial score (nSPS) is 19.9. The highest BCUT2D eigenvalue weighted by Crippen LogP contribution is 2.26. The summed E-state index contributed by atoms with van der Waals surface area (Å²) in [5.74, 6) is 2.50. The van der Waals surface area contributed by atoms with Gasteiger partial charge < -0.3 is 9.80 Å². The number of carbonyl (C=O) groups is 1. The van der Waals surface area contributed by atoms with E-state index in [1.807, 2.05) is 28.5 Å². The van der Waals surface area contributed by atoms with Crippen molar-refractivity contribution in [3.05, 3.63) is 17.8 Å². The van der Waals surface area contributed by atoms with Gasteiger partial charge in [-0.2, -0.15) is 11.8 Å². The third-order valence-electron chi connectivity index (χ3n) is 4.64. The van der Waals surface area contributed by atoms with Gasteiger partial charge in [0.05, 0.1) is 5.69 Å². The van der Waals surface area contributed by atoms with Crippen molar-refractivity contribution in [2.45, 2.75) is 26.2 Å². The van der Waals surface area contributed by atoms with Crippen LogP contribution in [0.5, 0.6) is 0 Å². The van der Waals surface area contributed by atoms with E-state index in [0.717, 1.165) is 37.4 Å². The number of halogens is 1. The van der Waals surface area contributed by atoms with Gasteiger partial charge in [-0.15, -0.1) is 0 Å². The summed E-state index contributed by atoms with van der Waals surface area (Å²) in [5, 5.41) is 0. The number of nitrogens with zero attached hydrogens (tertiary/aromatic N) is 4. The maximum atomic E-state index is 14.4. The van der Waals surface area contributed by atoms with Crippen LogP contribution in [0.2, 0.25) is 0 Å². The Kier molecular flexibility index (Phi) is 5.35. The molecule has 0 atom stereocenters. The van der Waals surface area contributed by atoms with Crippen LogP contribution in [0.4, 0.5) is 10.2 Å². The van der Waals surface area contributed by atoms with Gasteiger partial charge in [-0.1, -0.05) is 6.92 Å². The van der Waals surface area contributed by atoms with E-state index in [-0.39, 0.29) is 17.6 Å². The molecule has 1 amide bonds. The molecule has 2 saturated heterocycles. The molecule has 1 aromatic rings. The first-order valence-corrected chi connectivity index (χ1v) is 9.47. The molecule has 0 spiro atoms. The Balaban J connectivity index is 1.61. The zero-order valence-electron chi connectivity index (χ0n) is 13.5. The Morgan fingerprint density at radius 2 is 1.96 bits per heavy atom. The standard InChI is InChI=1S/C16H23FN4OS/c1-2-13-14(17)15(19-11-18-13)20-5-3-12(4-6-20)16(22)21-7-9-23-10-8-21/h11-12H,2-10H2,1H3. The monoisotopic (exact) mass is 338 g/mol. The highest BCUT2D eigenvalue weighted by Gasteiger charge is 2.30. The summed E-state index contributed by atoms with van der Waals surface area (Å²) in [6, 6.07) is 0. The second-order valence-electron chi connectivity index (χ2n) is 6.01. The number of rotatable bonds is 3. The average molecular weight is 338 g/mol. The van der Waals surface area contributed by atoms with Crippen molar-refractivity contribution in [2.24, 2.45) is 5.92 Å². The fourth-order valence-electron chi connectivity index (χ4n) is 3.24. The number of aryl methyl sites for hydroxylation is 1. The number of piperidine rings is 1. The summed E-state index contributed by atoms with van der Waals surface area (Å²) in [6.45, 7) is 4.97. The molecular formula is C16H23FN4OS. The van der Waals surface area contributed by atoms with Crippen molar-refractivity contribution in [3.8, 4) is 0 Å². The summed E-state index contributed by atoms with van der Waals surface area (Å²) in [7, 11) is 0. The summed E-state index contributed by atoms with van der Waals surface area (Å²) in [4.78, 5) is 24.6. The topological polar surface area (TPSA) is 49.3 Å². The SMILES string of the molecule is CCc1ncnc(N2CCC(C(=O)N3CCSCC3)CC2)c1F. The molecule has 1 aromatic heterocycles. The molecule has 2 aliphatic heterocycles. The number of carbonyl (C=O) groups excluding carboxylic acids is 1. The number of aromatic nitrogens is 2. The Morgan fingerprint density at radius 1 is 1.26 bits per heavy atom. The van der Waals surface area contributed by atoms with Crippen LogP contribution in [0.15, 0.2) is 6.33 Å². The summed E-state index contributed by atoms with van der Waals surface area (Å²) in [5.41, 5.74) is 0.457. The molecule has 0 N–H and O–H groups in total. The highest BCUT2D eigenvalue weighted by atomic mass is 32.2. The number of hydrogen-bond donors (Lipinski definition) is 0. The van der Waals surface area contributed by atoms with Crippen LogP contribution in [0, 0.1) is 11.7 Å². The fraction of sp³-hybridized carbons (Fsp3) is 0.688. The zero-order chi connectivity index (χ0) is 16.2. The minimum absolute atomic E-state index is 0.0740. The lowest BCUT2D eigenvalue weighted by Gasteiger charge is -2.36. The van der Waals surface area contributed by atoms with Gasteiger partial charge in [-0.3, -0.25) is 4.79 Å². The van der Waals surface area contributed by atoms with Crippen molar-refractivity contribution in [2.75, 3.05) is 42.6 Å². The number of anilines is 1. The Hall–Kier alpha value is -1.37.